The van der Waals surface area contributed by atoms with Gasteiger partial charge in [0.2, 0.25) is 5.91 Å². The molecule has 2 amide bonds. The van der Waals surface area contributed by atoms with Crippen LogP contribution in [0.15, 0.2) is 60.7 Å². The minimum Gasteiger partial charge on any atom is -0.445 e. The number of likely N-dealkylation sites (tertiary alicyclic amines) is 2. The van der Waals surface area contributed by atoms with Crippen LogP contribution >= 0.6 is 0 Å². The quantitative estimate of drug-likeness (QED) is 0.325. The summed E-state index contributed by atoms with van der Waals surface area (Å²) in [5, 5.41) is 0. The Labute approximate surface area is 247 Å². The molecule has 3 fully saturated rings. The van der Waals surface area contributed by atoms with Crippen LogP contribution in [0.2, 0.25) is 0 Å². The molecule has 5 rings (SSSR count). The first-order valence-corrected chi connectivity index (χ1v) is 16.2. The number of unbranched alkanes of at least 4 members (excludes halogenated alkanes) is 1. The zero-order chi connectivity index (χ0) is 28.4. The second kappa shape index (κ2) is 14.9. The zero-order valence-electron chi connectivity index (χ0n) is 25.0. The molecule has 0 spiro atoms. The molecule has 1 saturated carbocycles. The molecule has 222 valence electrons. The van der Waals surface area contributed by atoms with Crippen LogP contribution in [0.25, 0.3) is 0 Å². The molecule has 2 aliphatic heterocycles. The molecule has 2 atom stereocenters. The Balaban J connectivity index is 1.18. The van der Waals surface area contributed by atoms with Crippen LogP contribution in [0.3, 0.4) is 0 Å². The first-order chi connectivity index (χ1) is 20.1. The summed E-state index contributed by atoms with van der Waals surface area (Å²) in [6.45, 7) is 7.92. The lowest BCUT2D eigenvalue weighted by molar-refractivity contribution is -0.135. The minimum atomic E-state index is -0.183. The molecule has 41 heavy (non-hydrogen) atoms. The summed E-state index contributed by atoms with van der Waals surface area (Å²) in [4.78, 5) is 33.4. The van der Waals surface area contributed by atoms with E-state index in [1.54, 1.807) is 0 Å². The number of hydrogen-bond donors (Lipinski definition) is 0. The zero-order valence-corrected chi connectivity index (χ0v) is 25.0. The van der Waals surface area contributed by atoms with Crippen molar-refractivity contribution < 1.29 is 14.3 Å². The topological polar surface area (TPSA) is 53.1 Å². The Bertz CT molecular complexity index is 1080. The molecule has 3 aliphatic rings. The van der Waals surface area contributed by atoms with E-state index in [0.717, 1.165) is 83.4 Å². The highest BCUT2D eigenvalue weighted by molar-refractivity contribution is 5.79. The van der Waals surface area contributed by atoms with Crippen molar-refractivity contribution in [3.63, 3.8) is 0 Å². The predicted molar refractivity (Wildman–Crippen MR) is 164 cm³/mol. The van der Waals surface area contributed by atoms with Gasteiger partial charge in [-0.3, -0.25) is 4.79 Å². The van der Waals surface area contributed by atoms with Crippen LogP contribution in [0.4, 0.5) is 4.79 Å². The van der Waals surface area contributed by atoms with Crippen LogP contribution in [-0.2, 0) is 16.1 Å². The van der Waals surface area contributed by atoms with E-state index in [4.69, 9.17) is 4.74 Å². The van der Waals surface area contributed by atoms with E-state index in [9.17, 15) is 9.59 Å². The maximum atomic E-state index is 13.5. The highest BCUT2D eigenvalue weighted by atomic mass is 16.6. The second-order valence-corrected chi connectivity index (χ2v) is 12.5. The molecular weight excluding hydrogens is 510 g/mol. The summed E-state index contributed by atoms with van der Waals surface area (Å²) in [5.41, 5.74) is 2.38. The molecule has 0 unspecified atom stereocenters. The second-order valence-electron chi connectivity index (χ2n) is 12.5. The van der Waals surface area contributed by atoms with Crippen LogP contribution in [0.1, 0.15) is 81.8 Å². The van der Waals surface area contributed by atoms with Crippen molar-refractivity contribution in [1.82, 2.24) is 14.7 Å². The maximum Gasteiger partial charge on any atom is 0.410 e. The predicted octanol–water partition coefficient (Wildman–Crippen LogP) is 6.71. The molecule has 2 aromatic carbocycles. The van der Waals surface area contributed by atoms with Crippen molar-refractivity contribution >= 4 is 12.0 Å². The molecule has 2 saturated heterocycles. The maximum absolute atomic E-state index is 13.5. The Kier molecular flexibility index (Phi) is 10.7. The van der Waals surface area contributed by atoms with Gasteiger partial charge in [0.05, 0.1) is 0 Å². The molecule has 0 radical (unpaired) electrons. The number of piperidine rings is 1. The fourth-order valence-electron chi connectivity index (χ4n) is 7.22. The van der Waals surface area contributed by atoms with Gasteiger partial charge in [-0.15, -0.1) is 0 Å². The van der Waals surface area contributed by atoms with E-state index in [-0.39, 0.29) is 18.1 Å². The summed E-state index contributed by atoms with van der Waals surface area (Å²) in [6, 6.07) is 21.0. The molecule has 2 aromatic rings. The van der Waals surface area contributed by atoms with Crippen molar-refractivity contribution in [3.05, 3.63) is 71.8 Å². The highest BCUT2D eigenvalue weighted by Gasteiger charge is 2.40. The Morgan fingerprint density at radius 2 is 1.56 bits per heavy atom. The lowest BCUT2D eigenvalue weighted by atomic mass is 9.88. The molecular formula is C35H49N3O3. The van der Waals surface area contributed by atoms with E-state index in [0.29, 0.717) is 24.3 Å². The molecule has 2 heterocycles. The van der Waals surface area contributed by atoms with Gasteiger partial charge in [0.1, 0.15) is 6.61 Å². The lowest BCUT2D eigenvalue weighted by Gasteiger charge is -2.39. The normalized spacial score (nSPS) is 22.5. The van der Waals surface area contributed by atoms with Crippen LogP contribution in [0, 0.1) is 11.8 Å². The highest BCUT2D eigenvalue weighted by Crippen LogP contribution is 2.36. The minimum absolute atomic E-state index is 0.183. The molecule has 6 nitrogen and oxygen atoms in total. The summed E-state index contributed by atoms with van der Waals surface area (Å²) in [6.07, 6.45) is 9.59. The van der Waals surface area contributed by atoms with Crippen LogP contribution in [-0.4, -0.2) is 72.0 Å². The van der Waals surface area contributed by atoms with Gasteiger partial charge in [0.25, 0.3) is 0 Å². The Morgan fingerprint density at radius 3 is 2.24 bits per heavy atom. The van der Waals surface area contributed by atoms with Gasteiger partial charge >= 0.3 is 6.09 Å². The third-order valence-electron chi connectivity index (χ3n) is 9.62. The van der Waals surface area contributed by atoms with Crippen LogP contribution < -0.4 is 0 Å². The van der Waals surface area contributed by atoms with Gasteiger partial charge in [0.15, 0.2) is 0 Å². The van der Waals surface area contributed by atoms with Crippen LogP contribution in [0.5, 0.6) is 0 Å². The van der Waals surface area contributed by atoms with Crippen molar-refractivity contribution in [2.45, 2.75) is 83.3 Å². The van der Waals surface area contributed by atoms with Gasteiger partial charge in [-0.05, 0) is 49.1 Å². The number of nitrogens with zero attached hydrogens (tertiary/aromatic N) is 3. The van der Waals surface area contributed by atoms with Crippen molar-refractivity contribution in [1.29, 1.82) is 0 Å². The first-order valence-electron chi connectivity index (χ1n) is 16.2. The molecule has 0 aromatic heterocycles. The lowest BCUT2D eigenvalue weighted by Crippen LogP contribution is -2.49. The Hall–Kier alpha value is -2.86. The third-order valence-corrected chi connectivity index (χ3v) is 9.62. The molecule has 0 bridgehead atoms. The average molecular weight is 560 g/mol. The molecule has 1 aliphatic carbocycles. The SMILES string of the molecule is CCCCN(C(=O)OCc1ccccc1)C1CCN(C[C@H]2CN(C(=O)C3CCCCC3)C[C@@H]2c2ccccc2)CC1. The standard InChI is InChI=1S/C35H49N3O3/c1-2-3-21-38(35(40)41-27-28-13-7-4-8-14-28)32-19-22-36(23-20-32)24-31-25-37(34(39)30-17-11-6-12-18-30)26-33(31)29-15-9-5-10-16-29/h4-5,7-10,13-16,30-33H,2-3,6,11-12,17-27H2,1H3/t31-,33+/m0/s1. The van der Waals surface area contributed by atoms with Crippen molar-refractivity contribution in [2.24, 2.45) is 11.8 Å². The van der Waals surface area contributed by atoms with E-state index >= 15 is 0 Å². The number of rotatable bonds is 10. The monoisotopic (exact) mass is 559 g/mol. The number of amides is 2. The van der Waals surface area contributed by atoms with Crippen molar-refractivity contribution in [2.75, 3.05) is 39.3 Å². The van der Waals surface area contributed by atoms with Crippen molar-refractivity contribution in [3.8, 4) is 0 Å². The largest absolute Gasteiger partial charge is 0.445 e. The van der Waals surface area contributed by atoms with E-state index in [2.05, 4.69) is 47.1 Å². The van der Waals surface area contributed by atoms with E-state index in [1.807, 2.05) is 35.2 Å². The first kappa shape index (κ1) is 29.6. The summed E-state index contributed by atoms with van der Waals surface area (Å²) < 4.78 is 5.76. The summed E-state index contributed by atoms with van der Waals surface area (Å²) in [5.74, 6) is 1.45. The van der Waals surface area contributed by atoms with Gasteiger partial charge in [-0.25, -0.2) is 4.79 Å². The smallest absolute Gasteiger partial charge is 0.410 e. The number of benzene rings is 2. The number of hydrogen-bond acceptors (Lipinski definition) is 4. The number of carbonyl (C=O) groups is 2. The fourth-order valence-corrected chi connectivity index (χ4v) is 7.22. The van der Waals surface area contributed by atoms with Gasteiger partial charge in [-0.2, -0.15) is 0 Å². The van der Waals surface area contributed by atoms with Gasteiger partial charge in [0, 0.05) is 57.1 Å². The third kappa shape index (κ3) is 7.91. The average Bonchev–Trinajstić information content (AvgIpc) is 3.45. The molecule has 0 N–H and O–H groups in total. The number of ether oxygens (including phenoxy) is 1. The van der Waals surface area contributed by atoms with E-state index in [1.165, 1.54) is 24.8 Å². The van der Waals surface area contributed by atoms with E-state index < -0.39 is 0 Å². The number of carbonyl (C=O) groups excluding carboxylic acids is 2. The summed E-state index contributed by atoms with van der Waals surface area (Å²) >= 11 is 0. The van der Waals surface area contributed by atoms with Gasteiger partial charge < -0.3 is 19.4 Å². The Morgan fingerprint density at radius 1 is 0.878 bits per heavy atom. The molecule has 6 heteroatoms. The fraction of sp³-hybridized carbons (Fsp3) is 0.600. The van der Waals surface area contributed by atoms with Gasteiger partial charge in [-0.1, -0.05) is 93.3 Å². The summed E-state index contributed by atoms with van der Waals surface area (Å²) in [7, 11) is 0.